The Hall–Kier alpha value is -1.79. The SMILES string of the molecule is NCC#Cc1ccc(C2(C(=O)O)CC2)cc1. The number of carbonyl (C=O) groups is 1. The number of carboxylic acids is 1. The summed E-state index contributed by atoms with van der Waals surface area (Å²) < 4.78 is 0. The highest BCUT2D eigenvalue weighted by atomic mass is 16.4. The van der Waals surface area contributed by atoms with Crippen molar-refractivity contribution in [2.75, 3.05) is 6.54 Å². The van der Waals surface area contributed by atoms with E-state index >= 15 is 0 Å². The molecule has 0 unspecified atom stereocenters. The summed E-state index contributed by atoms with van der Waals surface area (Å²) in [5.41, 5.74) is 6.39. The van der Waals surface area contributed by atoms with E-state index < -0.39 is 11.4 Å². The van der Waals surface area contributed by atoms with Crippen molar-refractivity contribution in [3.05, 3.63) is 35.4 Å². The minimum absolute atomic E-state index is 0.334. The van der Waals surface area contributed by atoms with Crippen LogP contribution < -0.4 is 5.73 Å². The predicted octanol–water partition coefficient (Wildman–Crippen LogP) is 1.11. The Kier molecular flexibility index (Phi) is 2.67. The van der Waals surface area contributed by atoms with Crippen molar-refractivity contribution in [3.63, 3.8) is 0 Å². The lowest BCUT2D eigenvalue weighted by atomic mass is 9.95. The Morgan fingerprint density at radius 3 is 2.44 bits per heavy atom. The molecule has 3 heteroatoms. The van der Waals surface area contributed by atoms with Gasteiger partial charge >= 0.3 is 5.97 Å². The number of rotatable bonds is 2. The third-order valence-corrected chi connectivity index (χ3v) is 2.93. The number of aliphatic carboxylic acids is 1. The molecule has 1 saturated carbocycles. The second kappa shape index (κ2) is 3.99. The summed E-state index contributed by atoms with van der Waals surface area (Å²) >= 11 is 0. The summed E-state index contributed by atoms with van der Waals surface area (Å²) in [6, 6.07) is 7.39. The van der Waals surface area contributed by atoms with E-state index in [0.29, 0.717) is 6.54 Å². The van der Waals surface area contributed by atoms with E-state index in [0.717, 1.165) is 24.0 Å². The van der Waals surface area contributed by atoms with Gasteiger partial charge in [0, 0.05) is 5.56 Å². The summed E-state index contributed by atoms with van der Waals surface area (Å²) in [5.74, 6) is 4.94. The van der Waals surface area contributed by atoms with Gasteiger partial charge in [0.15, 0.2) is 0 Å². The Balaban J connectivity index is 2.23. The van der Waals surface area contributed by atoms with Crippen LogP contribution in [0.4, 0.5) is 0 Å². The molecule has 0 aliphatic heterocycles. The third kappa shape index (κ3) is 1.80. The average molecular weight is 215 g/mol. The zero-order valence-corrected chi connectivity index (χ0v) is 8.86. The number of benzene rings is 1. The van der Waals surface area contributed by atoms with Gasteiger partial charge in [0.1, 0.15) is 0 Å². The maximum atomic E-state index is 11.1. The van der Waals surface area contributed by atoms with Crippen molar-refractivity contribution in [3.8, 4) is 11.8 Å². The van der Waals surface area contributed by atoms with Crippen molar-refractivity contribution in [2.24, 2.45) is 5.73 Å². The van der Waals surface area contributed by atoms with Gasteiger partial charge in [-0.15, -0.1) is 0 Å². The molecule has 0 saturated heterocycles. The smallest absolute Gasteiger partial charge is 0.314 e. The van der Waals surface area contributed by atoms with Crippen molar-refractivity contribution in [2.45, 2.75) is 18.3 Å². The molecule has 0 bridgehead atoms. The van der Waals surface area contributed by atoms with E-state index in [1.54, 1.807) is 0 Å². The zero-order chi connectivity index (χ0) is 11.6. The van der Waals surface area contributed by atoms with Crippen molar-refractivity contribution in [1.29, 1.82) is 0 Å². The summed E-state index contributed by atoms with van der Waals surface area (Å²) in [6.07, 6.45) is 1.46. The van der Waals surface area contributed by atoms with Crippen molar-refractivity contribution >= 4 is 5.97 Å². The fourth-order valence-electron chi connectivity index (χ4n) is 1.78. The highest BCUT2D eigenvalue weighted by Gasteiger charge is 2.51. The minimum Gasteiger partial charge on any atom is -0.481 e. The largest absolute Gasteiger partial charge is 0.481 e. The fraction of sp³-hybridized carbons (Fsp3) is 0.308. The monoisotopic (exact) mass is 215 g/mol. The minimum atomic E-state index is -0.728. The fourth-order valence-corrected chi connectivity index (χ4v) is 1.78. The van der Waals surface area contributed by atoms with Gasteiger partial charge in [-0.05, 0) is 30.5 Å². The van der Waals surface area contributed by atoms with Gasteiger partial charge in [0.05, 0.1) is 12.0 Å². The number of hydrogen-bond donors (Lipinski definition) is 2. The standard InChI is InChI=1S/C13H13NO2/c14-9-1-2-10-3-5-11(6-4-10)13(7-8-13)12(15)16/h3-6H,7-9,14H2,(H,15,16). The van der Waals surface area contributed by atoms with E-state index in [9.17, 15) is 4.79 Å². The van der Waals surface area contributed by atoms with Crippen LogP contribution in [0.1, 0.15) is 24.0 Å². The molecule has 3 N–H and O–H groups in total. The molecule has 1 fully saturated rings. The third-order valence-electron chi connectivity index (χ3n) is 2.93. The highest BCUT2D eigenvalue weighted by Crippen LogP contribution is 2.48. The lowest BCUT2D eigenvalue weighted by molar-refractivity contribution is -0.140. The molecule has 1 aromatic carbocycles. The summed E-state index contributed by atoms with van der Waals surface area (Å²) in [5, 5.41) is 9.12. The molecule has 0 atom stereocenters. The van der Waals surface area contributed by atoms with Crippen LogP contribution in [-0.4, -0.2) is 17.6 Å². The molecular formula is C13H13NO2. The average Bonchev–Trinajstić information content (AvgIpc) is 3.08. The topological polar surface area (TPSA) is 63.3 Å². The van der Waals surface area contributed by atoms with Gasteiger partial charge in [-0.25, -0.2) is 0 Å². The second-order valence-electron chi connectivity index (χ2n) is 3.97. The van der Waals surface area contributed by atoms with E-state index in [4.69, 9.17) is 10.8 Å². The summed E-state index contributed by atoms with van der Waals surface area (Å²) in [4.78, 5) is 11.1. The molecule has 0 radical (unpaired) electrons. The molecule has 1 aliphatic rings. The molecule has 16 heavy (non-hydrogen) atoms. The lowest BCUT2D eigenvalue weighted by Crippen LogP contribution is -2.19. The van der Waals surface area contributed by atoms with E-state index in [1.165, 1.54) is 0 Å². The van der Waals surface area contributed by atoms with E-state index in [2.05, 4.69) is 11.8 Å². The molecule has 0 amide bonds. The van der Waals surface area contributed by atoms with Gasteiger partial charge in [0.2, 0.25) is 0 Å². The maximum Gasteiger partial charge on any atom is 0.314 e. The Labute approximate surface area is 94.3 Å². The molecule has 0 heterocycles. The van der Waals surface area contributed by atoms with Crippen LogP contribution in [0.15, 0.2) is 24.3 Å². The molecule has 1 aromatic rings. The van der Waals surface area contributed by atoms with Crippen LogP contribution in [0.3, 0.4) is 0 Å². The normalized spacial score (nSPS) is 16.1. The van der Waals surface area contributed by atoms with Gasteiger partial charge < -0.3 is 10.8 Å². The first kappa shape index (κ1) is 10.7. The quantitative estimate of drug-likeness (QED) is 0.726. The first-order valence-corrected chi connectivity index (χ1v) is 5.22. The molecule has 3 nitrogen and oxygen atoms in total. The van der Waals surface area contributed by atoms with Gasteiger partial charge in [-0.3, -0.25) is 4.79 Å². The summed E-state index contributed by atoms with van der Waals surface area (Å²) in [7, 11) is 0. The predicted molar refractivity (Wildman–Crippen MR) is 60.9 cm³/mol. The van der Waals surface area contributed by atoms with Crippen LogP contribution >= 0.6 is 0 Å². The highest BCUT2D eigenvalue weighted by molar-refractivity contribution is 5.84. The van der Waals surface area contributed by atoms with Crippen molar-refractivity contribution < 1.29 is 9.90 Å². The maximum absolute atomic E-state index is 11.1. The second-order valence-corrected chi connectivity index (χ2v) is 3.97. The number of nitrogens with two attached hydrogens (primary N) is 1. The van der Waals surface area contributed by atoms with Crippen molar-refractivity contribution in [1.82, 2.24) is 0 Å². The van der Waals surface area contributed by atoms with E-state index in [-0.39, 0.29) is 0 Å². The Morgan fingerprint density at radius 2 is 2.00 bits per heavy atom. The molecular weight excluding hydrogens is 202 g/mol. The van der Waals surface area contributed by atoms with Gasteiger partial charge in [0.25, 0.3) is 0 Å². The molecule has 2 rings (SSSR count). The first-order valence-electron chi connectivity index (χ1n) is 5.22. The van der Waals surface area contributed by atoms with Crippen LogP contribution in [0.5, 0.6) is 0 Å². The zero-order valence-electron chi connectivity index (χ0n) is 8.86. The van der Waals surface area contributed by atoms with Crippen LogP contribution in [0.2, 0.25) is 0 Å². The Bertz CT molecular complexity index is 461. The van der Waals surface area contributed by atoms with Gasteiger partial charge in [-0.2, -0.15) is 0 Å². The van der Waals surface area contributed by atoms with Crippen LogP contribution in [0.25, 0.3) is 0 Å². The molecule has 1 aliphatic carbocycles. The number of hydrogen-bond acceptors (Lipinski definition) is 2. The molecule has 0 aromatic heterocycles. The summed E-state index contributed by atoms with van der Waals surface area (Å²) in [6.45, 7) is 0.334. The van der Waals surface area contributed by atoms with E-state index in [1.807, 2.05) is 24.3 Å². The van der Waals surface area contributed by atoms with Gasteiger partial charge in [-0.1, -0.05) is 24.0 Å². The molecule has 0 spiro atoms. The molecule has 82 valence electrons. The van der Waals surface area contributed by atoms with Crippen LogP contribution in [-0.2, 0) is 10.2 Å². The Morgan fingerprint density at radius 1 is 1.38 bits per heavy atom. The number of carboxylic acid groups (broad SMARTS) is 1. The lowest BCUT2D eigenvalue weighted by Gasteiger charge is -2.09. The first-order chi connectivity index (χ1) is 7.69. The van der Waals surface area contributed by atoms with Crippen LogP contribution in [0, 0.1) is 11.8 Å².